The molecule has 0 amide bonds. The van der Waals surface area contributed by atoms with Crippen LogP contribution >= 0.6 is 0 Å². The lowest BCUT2D eigenvalue weighted by Gasteiger charge is -2.26. The highest BCUT2D eigenvalue weighted by Gasteiger charge is 2.24. The van der Waals surface area contributed by atoms with Gasteiger partial charge in [0, 0.05) is 23.9 Å². The zero-order valence-corrected chi connectivity index (χ0v) is 13.0. The molecule has 21 heavy (non-hydrogen) atoms. The number of carbonyl (C=O) groups excluding carboxylic acids is 2. The van der Waals surface area contributed by atoms with Crippen molar-refractivity contribution in [3.8, 4) is 0 Å². The van der Waals surface area contributed by atoms with Crippen LogP contribution in [0.3, 0.4) is 0 Å². The lowest BCUT2D eigenvalue weighted by Crippen LogP contribution is -2.37. The van der Waals surface area contributed by atoms with Crippen LogP contribution in [0, 0.1) is 11.8 Å². The summed E-state index contributed by atoms with van der Waals surface area (Å²) in [6.45, 7) is 4.11. The minimum Gasteiger partial charge on any atom is -0.550 e. The van der Waals surface area contributed by atoms with Gasteiger partial charge in [0.25, 0.3) is 0 Å². The van der Waals surface area contributed by atoms with E-state index in [1.807, 2.05) is 13.0 Å². The molecule has 1 rings (SSSR count). The van der Waals surface area contributed by atoms with Crippen molar-refractivity contribution in [3.63, 3.8) is 0 Å². The molecule has 0 bridgehead atoms. The predicted molar refractivity (Wildman–Crippen MR) is 81.8 cm³/mol. The Labute approximate surface area is 127 Å². The van der Waals surface area contributed by atoms with Crippen molar-refractivity contribution in [2.75, 3.05) is 0 Å². The van der Waals surface area contributed by atoms with E-state index in [9.17, 15) is 14.7 Å². The Bertz CT molecular complexity index is 439. The first-order valence-corrected chi connectivity index (χ1v) is 7.89. The second kappa shape index (κ2) is 9.32. The fourth-order valence-corrected chi connectivity index (χ4v) is 2.73. The van der Waals surface area contributed by atoms with Crippen LogP contribution in [0.5, 0.6) is 0 Å². The average Bonchev–Trinajstić information content (AvgIpc) is 2.50. The van der Waals surface area contributed by atoms with Crippen LogP contribution in [0.4, 0.5) is 0 Å². The first kappa shape index (κ1) is 17.4. The number of aliphatic carboxylic acids is 1. The number of unbranched alkanes of at least 4 members (excludes halogenated alkanes) is 2. The highest BCUT2D eigenvalue weighted by molar-refractivity contribution is 5.97. The van der Waals surface area contributed by atoms with E-state index in [2.05, 4.69) is 6.92 Å². The Balaban J connectivity index is 2.71. The highest BCUT2D eigenvalue weighted by Crippen LogP contribution is 2.26. The summed E-state index contributed by atoms with van der Waals surface area (Å²) in [6.07, 6.45) is 4.88. The molecule has 2 atom stereocenters. The van der Waals surface area contributed by atoms with E-state index < -0.39 is 11.9 Å². The number of ketones is 1. The number of rotatable bonds is 10. The summed E-state index contributed by atoms with van der Waals surface area (Å²) in [5.74, 6) is -1.87. The van der Waals surface area contributed by atoms with Crippen LogP contribution in [0.1, 0.15) is 62.7 Å². The molecular formula is C18H25O3-. The Hall–Kier alpha value is -1.64. The number of carboxylic acid groups (broad SMARTS) is 1. The number of hydrogen-bond acceptors (Lipinski definition) is 3. The number of carbonyl (C=O) groups is 2. The summed E-state index contributed by atoms with van der Waals surface area (Å²) >= 11 is 0. The monoisotopic (exact) mass is 289 g/mol. The van der Waals surface area contributed by atoms with Gasteiger partial charge in [-0.1, -0.05) is 69.9 Å². The van der Waals surface area contributed by atoms with Crippen LogP contribution < -0.4 is 5.11 Å². The molecular weight excluding hydrogens is 264 g/mol. The standard InChI is InChI=1S/C18H26O3/c1-3-5-7-10-14(4-2)16(18(20)21)13-17(19)15-11-8-6-9-12-15/h6,8-9,11-12,14,16H,3-5,7,10,13H2,1-2H3,(H,20,21)/p-1. The van der Waals surface area contributed by atoms with Gasteiger partial charge < -0.3 is 9.90 Å². The molecule has 0 fully saturated rings. The minimum absolute atomic E-state index is 0.0224. The van der Waals surface area contributed by atoms with E-state index in [4.69, 9.17) is 0 Å². The average molecular weight is 289 g/mol. The van der Waals surface area contributed by atoms with Gasteiger partial charge in [-0.05, 0) is 12.3 Å². The number of benzene rings is 1. The van der Waals surface area contributed by atoms with Gasteiger partial charge in [0.2, 0.25) is 0 Å². The molecule has 0 heterocycles. The normalized spacial score (nSPS) is 13.6. The van der Waals surface area contributed by atoms with E-state index in [0.29, 0.717) is 5.56 Å². The van der Waals surface area contributed by atoms with Crippen molar-refractivity contribution in [1.82, 2.24) is 0 Å². The lowest BCUT2D eigenvalue weighted by molar-refractivity contribution is -0.313. The zero-order valence-electron chi connectivity index (χ0n) is 13.0. The largest absolute Gasteiger partial charge is 0.550 e. The van der Waals surface area contributed by atoms with Crippen molar-refractivity contribution in [2.45, 2.75) is 52.4 Å². The molecule has 0 N–H and O–H groups in total. The Morgan fingerprint density at radius 1 is 1.10 bits per heavy atom. The maximum absolute atomic E-state index is 12.2. The summed E-state index contributed by atoms with van der Waals surface area (Å²) in [6, 6.07) is 8.88. The van der Waals surface area contributed by atoms with Crippen LogP contribution in [-0.4, -0.2) is 11.8 Å². The van der Waals surface area contributed by atoms with E-state index in [-0.39, 0.29) is 18.1 Å². The van der Waals surface area contributed by atoms with Gasteiger partial charge in [-0.25, -0.2) is 0 Å². The number of Topliss-reactive ketones (excluding diaryl/α,β-unsaturated/α-hetero) is 1. The van der Waals surface area contributed by atoms with Gasteiger partial charge in [0.05, 0.1) is 0 Å². The van der Waals surface area contributed by atoms with E-state index in [1.54, 1.807) is 24.3 Å². The van der Waals surface area contributed by atoms with Crippen molar-refractivity contribution in [3.05, 3.63) is 35.9 Å². The molecule has 0 aromatic heterocycles. The zero-order chi connectivity index (χ0) is 15.7. The van der Waals surface area contributed by atoms with Crippen LogP contribution in [0.2, 0.25) is 0 Å². The minimum atomic E-state index is -1.09. The van der Waals surface area contributed by atoms with Crippen molar-refractivity contribution >= 4 is 11.8 Å². The number of hydrogen-bond donors (Lipinski definition) is 0. The lowest BCUT2D eigenvalue weighted by atomic mass is 9.82. The molecule has 2 unspecified atom stereocenters. The molecule has 0 saturated carbocycles. The summed E-state index contributed by atoms with van der Waals surface area (Å²) in [4.78, 5) is 23.7. The predicted octanol–water partition coefficient (Wildman–Crippen LogP) is 3.23. The smallest absolute Gasteiger partial charge is 0.163 e. The molecule has 0 radical (unpaired) electrons. The molecule has 0 saturated heterocycles. The molecule has 3 nitrogen and oxygen atoms in total. The SMILES string of the molecule is CCCCCC(CC)C(CC(=O)c1ccccc1)C(=O)[O-]. The van der Waals surface area contributed by atoms with Crippen molar-refractivity contribution in [2.24, 2.45) is 11.8 Å². The van der Waals surface area contributed by atoms with E-state index in [1.165, 1.54) is 0 Å². The van der Waals surface area contributed by atoms with Gasteiger partial charge in [-0.15, -0.1) is 0 Å². The topological polar surface area (TPSA) is 57.2 Å². The molecule has 3 heteroatoms. The first-order chi connectivity index (χ1) is 10.1. The van der Waals surface area contributed by atoms with Gasteiger partial charge >= 0.3 is 0 Å². The summed E-state index contributed by atoms with van der Waals surface area (Å²) in [5.41, 5.74) is 0.576. The quantitative estimate of drug-likeness (QED) is 0.491. The Morgan fingerprint density at radius 2 is 1.76 bits per heavy atom. The van der Waals surface area contributed by atoms with Crippen LogP contribution in [-0.2, 0) is 4.79 Å². The Kier molecular flexibility index (Phi) is 7.73. The summed E-state index contributed by atoms with van der Waals surface area (Å²) in [5, 5.41) is 11.4. The van der Waals surface area contributed by atoms with Gasteiger partial charge in [0.15, 0.2) is 5.78 Å². The third-order valence-corrected chi connectivity index (χ3v) is 4.08. The second-order valence-electron chi connectivity index (χ2n) is 5.58. The van der Waals surface area contributed by atoms with Crippen LogP contribution in [0.15, 0.2) is 30.3 Å². The summed E-state index contributed by atoms with van der Waals surface area (Å²) < 4.78 is 0. The van der Waals surface area contributed by atoms with Gasteiger partial charge in [0.1, 0.15) is 0 Å². The van der Waals surface area contributed by atoms with E-state index in [0.717, 1.165) is 32.1 Å². The fourth-order valence-electron chi connectivity index (χ4n) is 2.73. The van der Waals surface area contributed by atoms with Crippen molar-refractivity contribution in [1.29, 1.82) is 0 Å². The van der Waals surface area contributed by atoms with Crippen molar-refractivity contribution < 1.29 is 14.7 Å². The first-order valence-electron chi connectivity index (χ1n) is 7.89. The molecule has 1 aromatic carbocycles. The summed E-state index contributed by atoms with van der Waals surface area (Å²) in [7, 11) is 0. The molecule has 116 valence electrons. The molecule has 0 spiro atoms. The third-order valence-electron chi connectivity index (χ3n) is 4.08. The molecule has 1 aromatic rings. The highest BCUT2D eigenvalue weighted by atomic mass is 16.4. The van der Waals surface area contributed by atoms with Gasteiger partial charge in [-0.3, -0.25) is 4.79 Å². The molecule has 0 aliphatic carbocycles. The van der Waals surface area contributed by atoms with E-state index >= 15 is 0 Å². The number of carboxylic acids is 1. The second-order valence-corrected chi connectivity index (χ2v) is 5.58. The fraction of sp³-hybridized carbons (Fsp3) is 0.556. The third kappa shape index (κ3) is 5.70. The molecule has 0 aliphatic rings. The maximum Gasteiger partial charge on any atom is 0.163 e. The van der Waals surface area contributed by atoms with Gasteiger partial charge in [-0.2, -0.15) is 0 Å². The maximum atomic E-state index is 12.2. The Morgan fingerprint density at radius 3 is 2.29 bits per heavy atom. The molecule has 0 aliphatic heterocycles. The van der Waals surface area contributed by atoms with Crippen LogP contribution in [0.25, 0.3) is 0 Å².